The molecule has 0 aliphatic carbocycles. The Kier molecular flexibility index (Phi) is 4.32. The van der Waals surface area contributed by atoms with Crippen LogP contribution in [0.4, 0.5) is 5.82 Å². The van der Waals surface area contributed by atoms with Crippen LogP contribution in [0.3, 0.4) is 0 Å². The predicted octanol–water partition coefficient (Wildman–Crippen LogP) is 3.35. The number of fused-ring (bicyclic) bond motifs is 5. The highest BCUT2D eigenvalue weighted by atomic mass is 16.5. The highest BCUT2D eigenvalue weighted by Crippen LogP contribution is 2.34. The van der Waals surface area contributed by atoms with E-state index in [9.17, 15) is 5.26 Å². The van der Waals surface area contributed by atoms with Crippen molar-refractivity contribution in [3.63, 3.8) is 0 Å². The van der Waals surface area contributed by atoms with Crippen molar-refractivity contribution in [1.29, 1.82) is 5.26 Å². The molecular weight excluding hydrogens is 352 g/mol. The van der Waals surface area contributed by atoms with Crippen LogP contribution in [-0.2, 0) is 13.5 Å². The number of nitrogens with zero attached hydrogens (tertiary/aromatic N) is 5. The fourth-order valence-corrected chi connectivity index (χ4v) is 3.47. The largest absolute Gasteiger partial charge is 0.482 e. The standard InChI is InChI=1S/C21H20N6O/c1-12-7-8-14-5-4-6-16-20(18(11-22)27(3)26-16)17-10-19(21(23)25-24-17)28-13(2)15(14)9-12/h4,6-10,13H,5H2,1-3H3,(H2,23,25)/b6-4+/t13-/m1/s1. The Bertz CT molecular complexity index is 1140. The third-order valence-corrected chi connectivity index (χ3v) is 4.88. The van der Waals surface area contributed by atoms with E-state index in [-0.39, 0.29) is 11.9 Å². The van der Waals surface area contributed by atoms with Gasteiger partial charge in [0.15, 0.2) is 11.6 Å². The van der Waals surface area contributed by atoms with Crippen molar-refractivity contribution in [2.45, 2.75) is 26.4 Å². The molecule has 2 N–H and O–H groups in total. The third kappa shape index (κ3) is 2.99. The first kappa shape index (κ1) is 17.7. The number of benzene rings is 1. The van der Waals surface area contributed by atoms with Crippen LogP contribution >= 0.6 is 0 Å². The van der Waals surface area contributed by atoms with E-state index >= 15 is 0 Å². The number of anilines is 1. The minimum atomic E-state index is -0.217. The predicted molar refractivity (Wildman–Crippen MR) is 106 cm³/mol. The van der Waals surface area contributed by atoms with Crippen molar-refractivity contribution < 1.29 is 4.74 Å². The maximum absolute atomic E-state index is 9.60. The Morgan fingerprint density at radius 1 is 1.29 bits per heavy atom. The van der Waals surface area contributed by atoms with Crippen LogP contribution in [-0.4, -0.2) is 20.0 Å². The molecule has 7 nitrogen and oxygen atoms in total. The van der Waals surface area contributed by atoms with Crippen molar-refractivity contribution in [2.75, 3.05) is 5.73 Å². The number of allylic oxidation sites excluding steroid dienone is 1. The lowest BCUT2D eigenvalue weighted by molar-refractivity contribution is 0.226. The molecule has 3 aromatic rings. The average molecular weight is 372 g/mol. The number of nitrogens with two attached hydrogens (primary N) is 1. The Morgan fingerprint density at radius 2 is 2.11 bits per heavy atom. The van der Waals surface area contributed by atoms with E-state index in [4.69, 9.17) is 10.5 Å². The van der Waals surface area contributed by atoms with Crippen molar-refractivity contribution in [2.24, 2.45) is 7.05 Å². The second-order valence-corrected chi connectivity index (χ2v) is 6.89. The van der Waals surface area contributed by atoms with Gasteiger partial charge in [0, 0.05) is 13.1 Å². The molecule has 3 heterocycles. The molecule has 1 aromatic carbocycles. The van der Waals surface area contributed by atoms with E-state index in [0.29, 0.717) is 28.4 Å². The molecule has 7 heteroatoms. The molecule has 0 amide bonds. The fourth-order valence-electron chi connectivity index (χ4n) is 3.47. The molecule has 0 fully saturated rings. The van der Waals surface area contributed by atoms with Crippen LogP contribution in [0.5, 0.6) is 5.75 Å². The lowest BCUT2D eigenvalue weighted by Crippen LogP contribution is -2.10. The van der Waals surface area contributed by atoms with Crippen LogP contribution < -0.4 is 10.5 Å². The van der Waals surface area contributed by atoms with Gasteiger partial charge in [-0.3, -0.25) is 4.68 Å². The number of hydrogen-bond donors (Lipinski definition) is 1. The van der Waals surface area contributed by atoms with Gasteiger partial charge in [-0.1, -0.05) is 29.8 Å². The minimum absolute atomic E-state index is 0.210. The Hall–Kier alpha value is -3.66. The number of aryl methyl sites for hydroxylation is 2. The van der Waals surface area contributed by atoms with Crippen molar-refractivity contribution in [1.82, 2.24) is 20.0 Å². The zero-order chi connectivity index (χ0) is 19.8. The first-order chi connectivity index (χ1) is 13.5. The van der Waals surface area contributed by atoms with Crippen molar-refractivity contribution in [3.8, 4) is 23.1 Å². The number of hydrogen-bond acceptors (Lipinski definition) is 6. The summed E-state index contributed by atoms with van der Waals surface area (Å²) in [4.78, 5) is 0. The van der Waals surface area contributed by atoms with E-state index in [1.54, 1.807) is 17.8 Å². The van der Waals surface area contributed by atoms with Gasteiger partial charge < -0.3 is 10.5 Å². The third-order valence-electron chi connectivity index (χ3n) is 4.88. The second-order valence-electron chi connectivity index (χ2n) is 6.89. The number of nitriles is 1. The van der Waals surface area contributed by atoms with Gasteiger partial charge in [0.25, 0.3) is 0 Å². The summed E-state index contributed by atoms with van der Waals surface area (Å²) in [7, 11) is 1.74. The molecule has 0 spiro atoms. The molecule has 0 saturated heterocycles. The monoisotopic (exact) mass is 372 g/mol. The van der Waals surface area contributed by atoms with Crippen molar-refractivity contribution >= 4 is 11.9 Å². The summed E-state index contributed by atoms with van der Waals surface area (Å²) in [5.74, 6) is 0.648. The summed E-state index contributed by atoms with van der Waals surface area (Å²) >= 11 is 0. The summed E-state index contributed by atoms with van der Waals surface area (Å²) in [6.45, 7) is 4.05. The van der Waals surface area contributed by atoms with Crippen LogP contribution in [0.2, 0.25) is 0 Å². The van der Waals surface area contributed by atoms with E-state index in [0.717, 1.165) is 23.1 Å². The highest BCUT2D eigenvalue weighted by Gasteiger charge is 2.21. The number of aromatic nitrogens is 4. The molecule has 1 atom stereocenters. The van der Waals surface area contributed by atoms with Gasteiger partial charge in [0.2, 0.25) is 0 Å². The lowest BCUT2D eigenvalue weighted by atomic mass is 9.97. The molecule has 2 aromatic heterocycles. The second kappa shape index (κ2) is 6.82. The van der Waals surface area contributed by atoms with Crippen LogP contribution in [0.25, 0.3) is 17.3 Å². The molecule has 1 aliphatic rings. The first-order valence-electron chi connectivity index (χ1n) is 9.01. The minimum Gasteiger partial charge on any atom is -0.482 e. The highest BCUT2D eigenvalue weighted by molar-refractivity contribution is 5.76. The molecule has 2 bridgehead atoms. The summed E-state index contributed by atoms with van der Waals surface area (Å²) in [6.07, 6.45) is 4.47. The lowest BCUT2D eigenvalue weighted by Gasteiger charge is -2.20. The first-order valence-corrected chi connectivity index (χ1v) is 9.01. The van der Waals surface area contributed by atoms with Gasteiger partial charge in [-0.2, -0.15) is 10.4 Å². The molecule has 0 unspecified atom stereocenters. The maximum Gasteiger partial charge on any atom is 0.188 e. The molecular formula is C21H20N6O. The van der Waals surface area contributed by atoms with Gasteiger partial charge >= 0.3 is 0 Å². The molecule has 1 aliphatic heterocycles. The van der Waals surface area contributed by atoms with Gasteiger partial charge in [0.05, 0.1) is 11.3 Å². The van der Waals surface area contributed by atoms with Crippen LogP contribution in [0, 0.1) is 18.3 Å². The normalized spacial score (nSPS) is 16.6. The maximum atomic E-state index is 9.60. The zero-order valence-electron chi connectivity index (χ0n) is 16.0. The summed E-state index contributed by atoms with van der Waals surface area (Å²) in [5.41, 5.74) is 11.6. The van der Waals surface area contributed by atoms with Gasteiger partial charge in [0.1, 0.15) is 23.6 Å². The molecule has 0 radical (unpaired) electrons. The quantitative estimate of drug-likeness (QED) is 0.649. The summed E-state index contributed by atoms with van der Waals surface area (Å²) in [6, 6.07) is 10.3. The average Bonchev–Trinajstić information content (AvgIpc) is 2.99. The Morgan fingerprint density at radius 3 is 2.89 bits per heavy atom. The number of ether oxygens (including phenoxy) is 1. The van der Waals surface area contributed by atoms with E-state index in [2.05, 4.69) is 46.5 Å². The summed E-state index contributed by atoms with van der Waals surface area (Å²) < 4.78 is 7.72. The van der Waals surface area contributed by atoms with E-state index in [1.807, 2.05) is 19.1 Å². The van der Waals surface area contributed by atoms with Crippen LogP contribution in [0.15, 0.2) is 30.3 Å². The Balaban J connectivity index is 1.96. The van der Waals surface area contributed by atoms with E-state index < -0.39 is 0 Å². The van der Waals surface area contributed by atoms with Crippen LogP contribution in [0.1, 0.15) is 41.1 Å². The van der Waals surface area contributed by atoms with Gasteiger partial charge in [-0.25, -0.2) is 0 Å². The number of rotatable bonds is 0. The SMILES string of the molecule is Cc1ccc2c(c1)[C@@H](C)Oc1cc(nnc1N)-c1c(nn(C)c1C#N)/C=C/C2. The molecule has 0 saturated carbocycles. The molecule has 28 heavy (non-hydrogen) atoms. The number of nitrogen functional groups attached to an aromatic ring is 1. The van der Waals surface area contributed by atoms with Crippen molar-refractivity contribution in [3.05, 3.63) is 58.4 Å². The van der Waals surface area contributed by atoms with Gasteiger partial charge in [-0.05, 0) is 37.5 Å². The fraction of sp³-hybridized carbons (Fsp3) is 0.238. The van der Waals surface area contributed by atoms with E-state index in [1.165, 1.54) is 0 Å². The summed E-state index contributed by atoms with van der Waals surface area (Å²) in [5, 5.41) is 22.3. The molecule has 4 rings (SSSR count). The van der Waals surface area contributed by atoms with Gasteiger partial charge in [-0.15, -0.1) is 10.2 Å². The molecule has 140 valence electrons. The smallest absolute Gasteiger partial charge is 0.188 e. The zero-order valence-corrected chi connectivity index (χ0v) is 16.0. The Labute approximate surface area is 163 Å². The topological polar surface area (TPSA) is 103 Å².